The Hall–Kier alpha value is -0.0400. The Labute approximate surface area is 70.6 Å². The van der Waals surface area contributed by atoms with Gasteiger partial charge in [-0.1, -0.05) is 20.8 Å². The van der Waals surface area contributed by atoms with Gasteiger partial charge in [-0.3, -0.25) is 0 Å². The van der Waals surface area contributed by atoms with E-state index in [9.17, 15) is 0 Å². The molecular formula is C10H21N. The highest BCUT2D eigenvalue weighted by Crippen LogP contribution is 2.36. The van der Waals surface area contributed by atoms with Gasteiger partial charge in [-0.15, -0.1) is 0 Å². The summed E-state index contributed by atoms with van der Waals surface area (Å²) in [6, 6.07) is 0.766. The summed E-state index contributed by atoms with van der Waals surface area (Å²) < 4.78 is 0. The summed E-state index contributed by atoms with van der Waals surface area (Å²) in [5.41, 5.74) is 0. The van der Waals surface area contributed by atoms with Crippen molar-refractivity contribution in [3.05, 3.63) is 0 Å². The molecule has 11 heavy (non-hydrogen) atoms. The van der Waals surface area contributed by atoms with Gasteiger partial charge in [-0.05, 0) is 37.6 Å². The number of rotatable bonds is 5. The first kappa shape index (κ1) is 9.05. The summed E-state index contributed by atoms with van der Waals surface area (Å²) >= 11 is 0. The van der Waals surface area contributed by atoms with E-state index in [1.807, 2.05) is 0 Å². The molecule has 1 aliphatic rings. The standard InChI is InChI=1S/C10H21N/c1-4-10(5-2)11-7-9-6-8(9)3/h8-11H,4-7H2,1-3H3. The molecule has 0 aromatic heterocycles. The average Bonchev–Trinajstić information content (AvgIpc) is 2.69. The molecule has 1 saturated carbocycles. The van der Waals surface area contributed by atoms with Crippen LogP contribution in [-0.4, -0.2) is 12.6 Å². The monoisotopic (exact) mass is 155 g/mol. The maximum atomic E-state index is 3.61. The van der Waals surface area contributed by atoms with Crippen molar-refractivity contribution in [3.8, 4) is 0 Å². The average molecular weight is 155 g/mol. The second kappa shape index (κ2) is 4.10. The SMILES string of the molecule is CCC(CC)NCC1CC1C. The Morgan fingerprint density at radius 1 is 1.36 bits per heavy atom. The molecule has 1 fully saturated rings. The molecule has 1 heteroatoms. The molecule has 1 nitrogen and oxygen atoms in total. The quantitative estimate of drug-likeness (QED) is 0.643. The highest BCUT2D eigenvalue weighted by atomic mass is 14.9. The molecule has 0 aliphatic heterocycles. The molecule has 0 aromatic rings. The van der Waals surface area contributed by atoms with E-state index in [-0.39, 0.29) is 0 Å². The highest BCUT2D eigenvalue weighted by Gasteiger charge is 2.31. The van der Waals surface area contributed by atoms with E-state index >= 15 is 0 Å². The Morgan fingerprint density at radius 3 is 2.27 bits per heavy atom. The molecule has 1 rings (SSSR count). The topological polar surface area (TPSA) is 12.0 Å². The second-order valence-electron chi connectivity index (χ2n) is 3.89. The van der Waals surface area contributed by atoms with Gasteiger partial charge in [-0.2, -0.15) is 0 Å². The predicted octanol–water partition coefficient (Wildman–Crippen LogP) is 2.42. The molecule has 0 aromatic carbocycles. The van der Waals surface area contributed by atoms with Crippen molar-refractivity contribution < 1.29 is 0 Å². The van der Waals surface area contributed by atoms with Crippen LogP contribution >= 0.6 is 0 Å². The molecule has 2 atom stereocenters. The van der Waals surface area contributed by atoms with Crippen LogP contribution in [0.25, 0.3) is 0 Å². The van der Waals surface area contributed by atoms with Gasteiger partial charge in [0.15, 0.2) is 0 Å². The molecule has 1 N–H and O–H groups in total. The Bertz CT molecular complexity index is 107. The van der Waals surface area contributed by atoms with Gasteiger partial charge in [0.05, 0.1) is 0 Å². The predicted molar refractivity (Wildman–Crippen MR) is 49.6 cm³/mol. The van der Waals surface area contributed by atoms with Crippen LogP contribution in [0.1, 0.15) is 40.0 Å². The zero-order valence-corrected chi connectivity index (χ0v) is 8.06. The van der Waals surface area contributed by atoms with Crippen LogP contribution in [0.3, 0.4) is 0 Å². The maximum Gasteiger partial charge on any atom is 0.00619 e. The van der Waals surface area contributed by atoms with Crippen molar-refractivity contribution in [3.63, 3.8) is 0 Å². The van der Waals surface area contributed by atoms with Crippen LogP contribution in [0.4, 0.5) is 0 Å². The fourth-order valence-corrected chi connectivity index (χ4v) is 1.58. The largest absolute Gasteiger partial charge is 0.314 e. The Morgan fingerprint density at radius 2 is 1.91 bits per heavy atom. The summed E-state index contributed by atoms with van der Waals surface area (Å²) in [7, 11) is 0. The minimum atomic E-state index is 0.766. The van der Waals surface area contributed by atoms with Crippen LogP contribution in [0.2, 0.25) is 0 Å². The molecule has 0 bridgehead atoms. The van der Waals surface area contributed by atoms with Gasteiger partial charge in [0.2, 0.25) is 0 Å². The molecule has 0 spiro atoms. The molecule has 2 unspecified atom stereocenters. The van der Waals surface area contributed by atoms with Crippen molar-refractivity contribution in [2.24, 2.45) is 11.8 Å². The van der Waals surface area contributed by atoms with Crippen molar-refractivity contribution in [1.82, 2.24) is 5.32 Å². The molecule has 1 aliphatic carbocycles. The third-order valence-corrected chi connectivity index (χ3v) is 2.93. The number of nitrogens with one attached hydrogen (secondary N) is 1. The molecule has 0 amide bonds. The van der Waals surface area contributed by atoms with Crippen LogP contribution in [0.15, 0.2) is 0 Å². The van der Waals surface area contributed by atoms with E-state index < -0.39 is 0 Å². The Kier molecular flexibility index (Phi) is 3.38. The lowest BCUT2D eigenvalue weighted by Crippen LogP contribution is -2.29. The first-order valence-electron chi connectivity index (χ1n) is 5.01. The first-order valence-corrected chi connectivity index (χ1v) is 5.01. The van der Waals surface area contributed by atoms with E-state index in [0.717, 1.165) is 17.9 Å². The normalized spacial score (nSPS) is 29.5. The van der Waals surface area contributed by atoms with E-state index in [2.05, 4.69) is 26.1 Å². The lowest BCUT2D eigenvalue weighted by molar-refractivity contribution is 0.466. The number of hydrogen-bond acceptors (Lipinski definition) is 1. The van der Waals surface area contributed by atoms with Crippen molar-refractivity contribution in [2.75, 3.05) is 6.54 Å². The highest BCUT2D eigenvalue weighted by molar-refractivity contribution is 4.84. The summed E-state index contributed by atoms with van der Waals surface area (Å²) in [5, 5.41) is 3.61. The van der Waals surface area contributed by atoms with Crippen LogP contribution in [0, 0.1) is 11.8 Å². The van der Waals surface area contributed by atoms with E-state index in [4.69, 9.17) is 0 Å². The van der Waals surface area contributed by atoms with Gasteiger partial charge >= 0.3 is 0 Å². The minimum Gasteiger partial charge on any atom is -0.314 e. The zero-order chi connectivity index (χ0) is 8.27. The zero-order valence-electron chi connectivity index (χ0n) is 8.06. The maximum absolute atomic E-state index is 3.61. The van der Waals surface area contributed by atoms with Gasteiger partial charge in [0.25, 0.3) is 0 Å². The van der Waals surface area contributed by atoms with E-state index in [1.165, 1.54) is 25.8 Å². The summed E-state index contributed by atoms with van der Waals surface area (Å²) in [6.07, 6.45) is 4.00. The molecule has 0 saturated heterocycles. The summed E-state index contributed by atoms with van der Waals surface area (Å²) in [5.74, 6) is 1.99. The van der Waals surface area contributed by atoms with Gasteiger partial charge in [0.1, 0.15) is 0 Å². The summed E-state index contributed by atoms with van der Waals surface area (Å²) in [6.45, 7) is 8.13. The molecule has 0 radical (unpaired) electrons. The summed E-state index contributed by atoms with van der Waals surface area (Å²) in [4.78, 5) is 0. The van der Waals surface area contributed by atoms with Crippen LogP contribution < -0.4 is 5.32 Å². The number of hydrogen-bond donors (Lipinski definition) is 1. The third-order valence-electron chi connectivity index (χ3n) is 2.93. The minimum absolute atomic E-state index is 0.766. The van der Waals surface area contributed by atoms with Crippen LogP contribution in [-0.2, 0) is 0 Å². The van der Waals surface area contributed by atoms with Gasteiger partial charge in [0, 0.05) is 6.04 Å². The molecular weight excluding hydrogens is 134 g/mol. The fourth-order valence-electron chi connectivity index (χ4n) is 1.58. The fraction of sp³-hybridized carbons (Fsp3) is 1.00. The second-order valence-corrected chi connectivity index (χ2v) is 3.89. The molecule has 66 valence electrons. The van der Waals surface area contributed by atoms with Gasteiger partial charge < -0.3 is 5.32 Å². The molecule has 0 heterocycles. The smallest absolute Gasteiger partial charge is 0.00619 e. The van der Waals surface area contributed by atoms with E-state index in [0.29, 0.717) is 0 Å². The third kappa shape index (κ3) is 2.82. The van der Waals surface area contributed by atoms with Crippen molar-refractivity contribution >= 4 is 0 Å². The van der Waals surface area contributed by atoms with Gasteiger partial charge in [-0.25, -0.2) is 0 Å². The van der Waals surface area contributed by atoms with Crippen molar-refractivity contribution in [2.45, 2.75) is 46.1 Å². The first-order chi connectivity index (χ1) is 5.27. The van der Waals surface area contributed by atoms with E-state index in [1.54, 1.807) is 0 Å². The van der Waals surface area contributed by atoms with Crippen LogP contribution in [0.5, 0.6) is 0 Å². The lowest BCUT2D eigenvalue weighted by atomic mass is 10.1. The van der Waals surface area contributed by atoms with Crippen molar-refractivity contribution in [1.29, 1.82) is 0 Å². The lowest BCUT2D eigenvalue weighted by Gasteiger charge is -2.13. The Balaban J connectivity index is 2.01.